The Labute approximate surface area is 180 Å². The van der Waals surface area contributed by atoms with Crippen LogP contribution in [0.4, 0.5) is 0 Å². The highest BCUT2D eigenvalue weighted by molar-refractivity contribution is 7.18. The number of carbonyl (C=O) groups is 1. The number of para-hydroxylation sites is 2. The van der Waals surface area contributed by atoms with Crippen molar-refractivity contribution >= 4 is 38.4 Å². The summed E-state index contributed by atoms with van der Waals surface area (Å²) in [7, 11) is 0. The molecule has 6 heteroatoms. The van der Waals surface area contributed by atoms with E-state index in [1.165, 1.54) is 20.7 Å². The summed E-state index contributed by atoms with van der Waals surface area (Å²) in [6.07, 6.45) is 5.15. The molecule has 5 nitrogen and oxygen atoms in total. The Kier molecular flexibility index (Phi) is 5.51. The van der Waals surface area contributed by atoms with Crippen LogP contribution in [0, 0.1) is 0 Å². The Morgan fingerprint density at radius 3 is 3.00 bits per heavy atom. The topological polar surface area (TPSA) is 61.0 Å². The number of H-pyrrole nitrogens is 1. The molecule has 1 saturated heterocycles. The van der Waals surface area contributed by atoms with Crippen molar-refractivity contribution in [1.82, 2.24) is 20.2 Å². The van der Waals surface area contributed by atoms with Gasteiger partial charge in [0.05, 0.1) is 21.8 Å². The van der Waals surface area contributed by atoms with Gasteiger partial charge in [-0.05, 0) is 49.6 Å². The molecule has 2 N–H and O–H groups in total. The third-order valence-electron chi connectivity index (χ3n) is 5.92. The van der Waals surface area contributed by atoms with Gasteiger partial charge in [-0.3, -0.25) is 9.69 Å². The molecule has 2 aromatic heterocycles. The first-order valence-electron chi connectivity index (χ1n) is 10.7. The van der Waals surface area contributed by atoms with Crippen LogP contribution in [-0.4, -0.2) is 47.0 Å². The third-order valence-corrected chi connectivity index (χ3v) is 7.12. The second-order valence-electron chi connectivity index (χ2n) is 8.05. The van der Waals surface area contributed by atoms with Crippen molar-refractivity contribution in [3.05, 3.63) is 65.3 Å². The molecule has 0 saturated carbocycles. The first-order chi connectivity index (χ1) is 14.8. The second-order valence-corrected chi connectivity index (χ2v) is 9.12. The predicted molar refractivity (Wildman–Crippen MR) is 123 cm³/mol. The molecule has 0 radical (unpaired) electrons. The van der Waals surface area contributed by atoms with Gasteiger partial charge >= 0.3 is 0 Å². The first kappa shape index (κ1) is 19.3. The smallest absolute Gasteiger partial charge is 0.234 e. The molecule has 0 bridgehead atoms. The van der Waals surface area contributed by atoms with Crippen LogP contribution in [0.2, 0.25) is 0 Å². The second kappa shape index (κ2) is 8.58. The quantitative estimate of drug-likeness (QED) is 0.490. The maximum atomic E-state index is 12.5. The molecule has 1 fully saturated rings. The van der Waals surface area contributed by atoms with Crippen LogP contribution in [-0.2, 0) is 11.2 Å². The zero-order valence-corrected chi connectivity index (χ0v) is 17.8. The Hall–Kier alpha value is -2.70. The summed E-state index contributed by atoms with van der Waals surface area (Å²) >= 11 is 1.80. The fourth-order valence-electron chi connectivity index (χ4n) is 4.40. The fourth-order valence-corrected chi connectivity index (χ4v) is 5.49. The molecule has 0 unspecified atom stereocenters. The summed E-state index contributed by atoms with van der Waals surface area (Å²) in [5, 5.41) is 5.55. The number of thiazole rings is 1. The van der Waals surface area contributed by atoms with Crippen molar-refractivity contribution in [2.24, 2.45) is 0 Å². The summed E-state index contributed by atoms with van der Waals surface area (Å²) in [6.45, 7) is 3.03. The average Bonchev–Trinajstić information content (AvgIpc) is 3.38. The molecule has 1 amide bonds. The summed E-state index contributed by atoms with van der Waals surface area (Å²) in [5.41, 5.74) is 3.48. The van der Waals surface area contributed by atoms with Gasteiger partial charge in [-0.25, -0.2) is 4.98 Å². The monoisotopic (exact) mass is 418 g/mol. The molecule has 1 aliphatic heterocycles. The highest BCUT2D eigenvalue weighted by Gasteiger charge is 2.25. The summed E-state index contributed by atoms with van der Waals surface area (Å²) < 4.78 is 1.25. The van der Waals surface area contributed by atoms with Crippen molar-refractivity contribution in [2.45, 2.75) is 25.2 Å². The van der Waals surface area contributed by atoms with E-state index in [1.54, 1.807) is 11.3 Å². The Morgan fingerprint density at radius 1 is 1.20 bits per heavy atom. The lowest BCUT2D eigenvalue weighted by Crippen LogP contribution is -2.42. The number of amides is 1. The molecule has 154 valence electrons. The standard InChI is InChI=1S/C24H26N4OS/c29-23(25-12-11-17-14-26-20-8-2-1-7-19(17)20)16-28-13-5-6-18(15-28)24-27-21-9-3-4-10-22(21)30-24/h1-4,7-10,14,18,26H,5-6,11-13,15-16H2,(H,25,29)/t18-/m1/s1. The molecule has 4 aromatic rings. The Morgan fingerprint density at radius 2 is 2.07 bits per heavy atom. The molecule has 2 aromatic carbocycles. The minimum absolute atomic E-state index is 0.111. The number of hydrogen-bond donors (Lipinski definition) is 2. The SMILES string of the molecule is O=C(CN1CCC[C@@H](c2nc3ccccc3s2)C1)NCCc1c[nH]c2ccccc12. The normalized spacial score (nSPS) is 17.5. The van der Waals surface area contributed by atoms with Crippen molar-refractivity contribution in [3.8, 4) is 0 Å². The van der Waals surface area contributed by atoms with Crippen LogP contribution >= 0.6 is 11.3 Å². The number of piperidine rings is 1. The maximum Gasteiger partial charge on any atom is 0.234 e. The summed E-state index contributed by atoms with van der Waals surface area (Å²) in [5.74, 6) is 0.537. The van der Waals surface area contributed by atoms with Gasteiger partial charge in [0.15, 0.2) is 0 Å². The van der Waals surface area contributed by atoms with Gasteiger partial charge in [0.25, 0.3) is 0 Å². The summed E-state index contributed by atoms with van der Waals surface area (Å²) in [4.78, 5) is 22.9. The third kappa shape index (κ3) is 4.11. The number of fused-ring (bicyclic) bond motifs is 2. The largest absolute Gasteiger partial charge is 0.361 e. The van der Waals surface area contributed by atoms with Crippen LogP contribution in [0.1, 0.15) is 29.3 Å². The molecule has 1 atom stereocenters. The first-order valence-corrected chi connectivity index (χ1v) is 11.5. The van der Waals surface area contributed by atoms with Gasteiger partial charge in [0.2, 0.25) is 5.91 Å². The van der Waals surface area contributed by atoms with Crippen molar-refractivity contribution < 1.29 is 4.79 Å². The molecule has 0 spiro atoms. The average molecular weight is 419 g/mol. The molecule has 3 heterocycles. The van der Waals surface area contributed by atoms with E-state index in [4.69, 9.17) is 4.98 Å². The molecule has 30 heavy (non-hydrogen) atoms. The van der Waals surface area contributed by atoms with E-state index in [0.717, 1.165) is 43.4 Å². The number of benzene rings is 2. The van der Waals surface area contributed by atoms with E-state index in [-0.39, 0.29) is 5.91 Å². The highest BCUT2D eigenvalue weighted by Crippen LogP contribution is 2.32. The summed E-state index contributed by atoms with van der Waals surface area (Å²) in [6, 6.07) is 16.6. The number of rotatable bonds is 6. The van der Waals surface area contributed by atoms with Crippen LogP contribution in [0.15, 0.2) is 54.7 Å². The Bertz CT molecular complexity index is 1130. The lowest BCUT2D eigenvalue weighted by atomic mass is 9.99. The Balaban J connectivity index is 1.14. The van der Waals surface area contributed by atoms with Gasteiger partial charge < -0.3 is 10.3 Å². The number of aromatic nitrogens is 2. The zero-order chi connectivity index (χ0) is 20.3. The lowest BCUT2D eigenvalue weighted by Gasteiger charge is -2.31. The lowest BCUT2D eigenvalue weighted by molar-refractivity contribution is -0.122. The van der Waals surface area contributed by atoms with Crippen LogP contribution in [0.3, 0.4) is 0 Å². The number of nitrogens with zero attached hydrogens (tertiary/aromatic N) is 2. The minimum atomic E-state index is 0.111. The number of carbonyl (C=O) groups excluding carboxylic acids is 1. The van der Waals surface area contributed by atoms with E-state index < -0.39 is 0 Å². The maximum absolute atomic E-state index is 12.5. The molecule has 0 aliphatic carbocycles. The van der Waals surface area contributed by atoms with Crippen molar-refractivity contribution in [3.63, 3.8) is 0 Å². The zero-order valence-electron chi connectivity index (χ0n) is 16.9. The number of likely N-dealkylation sites (tertiary alicyclic amines) is 1. The van der Waals surface area contributed by atoms with Crippen LogP contribution in [0.25, 0.3) is 21.1 Å². The van der Waals surface area contributed by atoms with E-state index in [2.05, 4.69) is 51.6 Å². The van der Waals surface area contributed by atoms with Gasteiger partial charge in [-0.15, -0.1) is 11.3 Å². The highest BCUT2D eigenvalue weighted by atomic mass is 32.1. The van der Waals surface area contributed by atoms with Crippen molar-refractivity contribution in [1.29, 1.82) is 0 Å². The number of nitrogens with one attached hydrogen (secondary N) is 2. The molecule has 5 rings (SSSR count). The fraction of sp³-hybridized carbons (Fsp3) is 0.333. The van der Waals surface area contributed by atoms with Gasteiger partial charge in [-0.1, -0.05) is 30.3 Å². The van der Waals surface area contributed by atoms with Crippen LogP contribution in [0.5, 0.6) is 0 Å². The van der Waals surface area contributed by atoms with Gasteiger partial charge in [-0.2, -0.15) is 0 Å². The van der Waals surface area contributed by atoms with Gasteiger partial charge in [0.1, 0.15) is 0 Å². The van der Waals surface area contributed by atoms with Gasteiger partial charge in [0, 0.05) is 36.1 Å². The predicted octanol–water partition coefficient (Wildman–Crippen LogP) is 4.32. The number of aromatic amines is 1. The van der Waals surface area contributed by atoms with E-state index >= 15 is 0 Å². The number of hydrogen-bond acceptors (Lipinski definition) is 4. The van der Waals surface area contributed by atoms with E-state index in [9.17, 15) is 4.79 Å². The van der Waals surface area contributed by atoms with Crippen LogP contribution < -0.4 is 5.32 Å². The van der Waals surface area contributed by atoms with E-state index in [1.807, 2.05) is 18.3 Å². The molecule has 1 aliphatic rings. The van der Waals surface area contributed by atoms with Crippen molar-refractivity contribution in [2.75, 3.05) is 26.2 Å². The molecular weight excluding hydrogens is 392 g/mol. The minimum Gasteiger partial charge on any atom is -0.361 e. The van der Waals surface area contributed by atoms with E-state index in [0.29, 0.717) is 19.0 Å². The molecular formula is C24H26N4OS.